The van der Waals surface area contributed by atoms with Crippen molar-refractivity contribution < 1.29 is 9.47 Å². The SMILES string of the molecule is C#CCCCCC#CCC1(CC(C)=C=C(C)C)OCCCO1. The van der Waals surface area contributed by atoms with Crippen LogP contribution in [0.4, 0.5) is 0 Å². The first kappa shape index (κ1) is 18.6. The van der Waals surface area contributed by atoms with E-state index in [0.717, 1.165) is 57.3 Å². The number of hydrogen-bond acceptors (Lipinski definition) is 2. The van der Waals surface area contributed by atoms with Gasteiger partial charge in [0.1, 0.15) is 0 Å². The average molecular weight is 300 g/mol. The van der Waals surface area contributed by atoms with E-state index in [1.54, 1.807) is 0 Å². The van der Waals surface area contributed by atoms with Crippen molar-refractivity contribution in [3.8, 4) is 24.2 Å². The van der Waals surface area contributed by atoms with E-state index in [2.05, 4.69) is 44.3 Å². The largest absolute Gasteiger partial charge is 0.349 e. The minimum Gasteiger partial charge on any atom is -0.349 e. The molecule has 1 heterocycles. The van der Waals surface area contributed by atoms with Crippen molar-refractivity contribution >= 4 is 0 Å². The highest BCUT2D eigenvalue weighted by atomic mass is 16.7. The maximum Gasteiger partial charge on any atom is 0.183 e. The minimum atomic E-state index is -0.587. The van der Waals surface area contributed by atoms with Gasteiger partial charge in [-0.15, -0.1) is 24.0 Å². The molecule has 0 aromatic heterocycles. The number of ether oxygens (including phenoxy) is 2. The van der Waals surface area contributed by atoms with Gasteiger partial charge in [0.2, 0.25) is 0 Å². The topological polar surface area (TPSA) is 18.5 Å². The molecule has 2 heteroatoms. The highest BCUT2D eigenvalue weighted by Gasteiger charge is 2.34. The van der Waals surface area contributed by atoms with Gasteiger partial charge in [-0.2, -0.15) is 0 Å². The molecule has 0 N–H and O–H groups in total. The van der Waals surface area contributed by atoms with Crippen LogP contribution < -0.4 is 0 Å². The van der Waals surface area contributed by atoms with Gasteiger partial charge < -0.3 is 9.47 Å². The number of hydrogen-bond donors (Lipinski definition) is 0. The first-order chi connectivity index (χ1) is 10.6. The van der Waals surface area contributed by atoms with E-state index in [9.17, 15) is 0 Å². The van der Waals surface area contributed by atoms with Crippen LogP contribution >= 0.6 is 0 Å². The lowest BCUT2D eigenvalue weighted by Crippen LogP contribution is -2.40. The van der Waals surface area contributed by atoms with Crippen molar-refractivity contribution in [2.45, 2.75) is 71.5 Å². The molecule has 1 aliphatic heterocycles. The van der Waals surface area contributed by atoms with Crippen molar-refractivity contribution in [1.29, 1.82) is 0 Å². The molecular weight excluding hydrogens is 272 g/mol. The average Bonchev–Trinajstić information content (AvgIpc) is 2.46. The van der Waals surface area contributed by atoms with Crippen molar-refractivity contribution in [2.24, 2.45) is 0 Å². The third-order valence-corrected chi connectivity index (χ3v) is 3.37. The zero-order chi connectivity index (χ0) is 16.3. The summed E-state index contributed by atoms with van der Waals surface area (Å²) in [5.74, 6) is 8.52. The second-order valence-corrected chi connectivity index (χ2v) is 5.98. The molecule has 0 aromatic rings. The summed E-state index contributed by atoms with van der Waals surface area (Å²) in [5.41, 5.74) is 5.67. The number of rotatable bonds is 6. The fourth-order valence-corrected chi connectivity index (χ4v) is 2.48. The lowest BCUT2D eigenvalue weighted by atomic mass is 10.0. The molecule has 22 heavy (non-hydrogen) atoms. The van der Waals surface area contributed by atoms with Gasteiger partial charge in [0, 0.05) is 19.3 Å². The molecule has 0 radical (unpaired) electrons. The third-order valence-electron chi connectivity index (χ3n) is 3.37. The normalized spacial score (nSPS) is 15.9. The molecule has 0 spiro atoms. The lowest BCUT2D eigenvalue weighted by Gasteiger charge is -2.36. The van der Waals surface area contributed by atoms with Crippen molar-refractivity contribution in [2.75, 3.05) is 13.2 Å². The van der Waals surface area contributed by atoms with E-state index in [0.29, 0.717) is 6.42 Å². The summed E-state index contributed by atoms with van der Waals surface area (Å²) in [5, 5.41) is 0. The van der Waals surface area contributed by atoms with E-state index in [-0.39, 0.29) is 0 Å². The fourth-order valence-electron chi connectivity index (χ4n) is 2.48. The van der Waals surface area contributed by atoms with Gasteiger partial charge in [0.25, 0.3) is 0 Å². The van der Waals surface area contributed by atoms with Gasteiger partial charge in [-0.05, 0) is 51.2 Å². The summed E-state index contributed by atoms with van der Waals surface area (Å²) in [4.78, 5) is 0. The van der Waals surface area contributed by atoms with Gasteiger partial charge in [-0.25, -0.2) is 0 Å². The zero-order valence-electron chi connectivity index (χ0n) is 14.3. The van der Waals surface area contributed by atoms with E-state index in [1.165, 1.54) is 5.57 Å². The van der Waals surface area contributed by atoms with Crippen molar-refractivity contribution in [3.05, 3.63) is 16.9 Å². The third kappa shape index (κ3) is 7.53. The molecule has 0 atom stereocenters. The number of unbranched alkanes of at least 4 members (excludes halogenated alkanes) is 3. The molecule has 2 nitrogen and oxygen atoms in total. The Balaban J connectivity index is 2.59. The second-order valence-electron chi connectivity index (χ2n) is 5.98. The standard InChI is InChI=1S/C20H28O2/c1-5-6-7-8-9-10-11-13-20(21-14-12-15-22-20)17-19(4)16-18(2)3/h1H,6-9,12-15,17H2,2-4H3. The quantitative estimate of drug-likeness (QED) is 0.405. The molecular formula is C20H28O2. The zero-order valence-corrected chi connectivity index (χ0v) is 14.3. The maximum atomic E-state index is 5.94. The monoisotopic (exact) mass is 300 g/mol. The van der Waals surface area contributed by atoms with Crippen LogP contribution in [0.1, 0.15) is 65.7 Å². The summed E-state index contributed by atoms with van der Waals surface area (Å²) in [6.45, 7) is 7.66. The number of terminal acetylenes is 1. The molecule has 0 saturated carbocycles. The van der Waals surface area contributed by atoms with Crippen LogP contribution in [0.25, 0.3) is 0 Å². The van der Waals surface area contributed by atoms with Crippen LogP contribution in [-0.4, -0.2) is 19.0 Å². The van der Waals surface area contributed by atoms with E-state index >= 15 is 0 Å². The summed E-state index contributed by atoms with van der Waals surface area (Å²) in [7, 11) is 0. The predicted octanol–water partition coefficient (Wildman–Crippen LogP) is 4.61. The fraction of sp³-hybridized carbons (Fsp3) is 0.650. The highest BCUT2D eigenvalue weighted by molar-refractivity contribution is 5.10. The molecule has 1 rings (SSSR count). The molecule has 0 unspecified atom stereocenters. The smallest absolute Gasteiger partial charge is 0.183 e. The Morgan fingerprint density at radius 2 is 1.73 bits per heavy atom. The van der Waals surface area contributed by atoms with Gasteiger partial charge >= 0.3 is 0 Å². The lowest BCUT2D eigenvalue weighted by molar-refractivity contribution is -0.262. The van der Waals surface area contributed by atoms with E-state index in [1.807, 2.05) is 0 Å². The molecule has 1 fully saturated rings. The van der Waals surface area contributed by atoms with Crippen LogP contribution in [-0.2, 0) is 9.47 Å². The van der Waals surface area contributed by atoms with Crippen LogP contribution in [0.5, 0.6) is 0 Å². The van der Waals surface area contributed by atoms with E-state index < -0.39 is 5.79 Å². The summed E-state index contributed by atoms with van der Waals surface area (Å²) in [6.07, 6.45) is 11.4. The minimum absolute atomic E-state index is 0.587. The molecule has 0 bridgehead atoms. The van der Waals surface area contributed by atoms with Gasteiger partial charge in [0.05, 0.1) is 19.6 Å². The van der Waals surface area contributed by atoms with Gasteiger partial charge in [-0.3, -0.25) is 0 Å². The Morgan fingerprint density at radius 1 is 1.05 bits per heavy atom. The molecule has 0 amide bonds. The Kier molecular flexibility index (Phi) is 8.72. The van der Waals surface area contributed by atoms with Crippen LogP contribution in [0.2, 0.25) is 0 Å². The first-order valence-electron chi connectivity index (χ1n) is 8.15. The van der Waals surface area contributed by atoms with Crippen LogP contribution in [0, 0.1) is 24.2 Å². The maximum absolute atomic E-state index is 5.94. The summed E-state index contributed by atoms with van der Waals surface area (Å²) < 4.78 is 11.9. The van der Waals surface area contributed by atoms with Crippen molar-refractivity contribution in [3.63, 3.8) is 0 Å². The Hall–Kier alpha value is -1.44. The Bertz CT molecular complexity index is 494. The van der Waals surface area contributed by atoms with Gasteiger partial charge in [-0.1, -0.05) is 5.92 Å². The van der Waals surface area contributed by atoms with Crippen molar-refractivity contribution in [1.82, 2.24) is 0 Å². The Morgan fingerprint density at radius 3 is 2.36 bits per heavy atom. The van der Waals surface area contributed by atoms with Crippen LogP contribution in [0.3, 0.4) is 0 Å². The molecule has 0 aliphatic carbocycles. The van der Waals surface area contributed by atoms with Gasteiger partial charge in [0.15, 0.2) is 5.79 Å². The Labute approximate surface area is 136 Å². The molecule has 1 aliphatic rings. The first-order valence-corrected chi connectivity index (χ1v) is 8.15. The summed E-state index contributed by atoms with van der Waals surface area (Å²) >= 11 is 0. The predicted molar refractivity (Wildman–Crippen MR) is 91.1 cm³/mol. The molecule has 120 valence electrons. The van der Waals surface area contributed by atoms with E-state index in [4.69, 9.17) is 15.9 Å². The van der Waals surface area contributed by atoms with Crippen LogP contribution in [0.15, 0.2) is 16.9 Å². The molecule has 1 saturated heterocycles. The highest BCUT2D eigenvalue weighted by Crippen LogP contribution is 2.29. The summed E-state index contributed by atoms with van der Waals surface area (Å²) in [6, 6.07) is 0. The second kappa shape index (κ2) is 10.3. The molecule has 0 aromatic carbocycles.